The molecule has 0 bridgehead atoms. The first kappa shape index (κ1) is 21.8. The highest BCUT2D eigenvalue weighted by atomic mass is 16.7. The number of aliphatic hydroxyl groups excluding tert-OH is 1. The molecule has 8 atom stereocenters. The Hall–Kier alpha value is -0.730. The fourth-order valence-corrected chi connectivity index (χ4v) is 9.65. The average molecular weight is 450 g/mol. The van der Waals surface area contributed by atoms with Gasteiger partial charge in [-0.3, -0.25) is 0 Å². The van der Waals surface area contributed by atoms with Crippen LogP contribution in [0.25, 0.3) is 0 Å². The minimum Gasteiger partial charge on any atom is -0.411 e. The Bertz CT molecular complexity index is 789. The second kappa shape index (κ2) is 7.14. The first-order valence-electron chi connectivity index (χ1n) is 12.7. The lowest BCUT2D eigenvalue weighted by atomic mass is 9.43. The maximum absolute atomic E-state index is 11.8. The third-order valence-corrected chi connectivity index (χ3v) is 10.9. The SMILES string of the molecule is CC1([C@@H]2CC[C@@H]3[C@H]4CC[C@H]5CC6(C/C(=N\O)[C@]5(C)[C@@H]4[C@@H](O)C[C@]32C)OCCO6)OCCO1. The molecule has 0 unspecified atom stereocenters. The average Bonchev–Trinajstić information content (AvgIpc) is 3.47. The van der Waals surface area contributed by atoms with Crippen molar-refractivity contribution in [1.82, 2.24) is 0 Å². The van der Waals surface area contributed by atoms with Crippen LogP contribution in [0.15, 0.2) is 5.16 Å². The molecule has 0 aromatic carbocycles. The molecule has 0 radical (unpaired) electrons. The molecule has 7 heteroatoms. The van der Waals surface area contributed by atoms with E-state index < -0.39 is 17.7 Å². The van der Waals surface area contributed by atoms with Crippen molar-refractivity contribution in [3.05, 3.63) is 0 Å². The highest BCUT2D eigenvalue weighted by molar-refractivity contribution is 5.92. The fraction of sp³-hybridized carbons (Fsp3) is 0.960. The molecule has 0 aromatic heterocycles. The Labute approximate surface area is 190 Å². The van der Waals surface area contributed by atoms with Gasteiger partial charge < -0.3 is 29.3 Å². The molecule has 2 aliphatic heterocycles. The van der Waals surface area contributed by atoms with Crippen LogP contribution in [-0.4, -0.2) is 60.1 Å². The zero-order valence-electron chi connectivity index (χ0n) is 19.7. The van der Waals surface area contributed by atoms with Gasteiger partial charge in [-0.05, 0) is 68.1 Å². The van der Waals surface area contributed by atoms with Gasteiger partial charge in [0.15, 0.2) is 11.6 Å². The van der Waals surface area contributed by atoms with E-state index in [-0.39, 0.29) is 22.7 Å². The van der Waals surface area contributed by atoms with Crippen LogP contribution in [0.4, 0.5) is 0 Å². The summed E-state index contributed by atoms with van der Waals surface area (Å²) >= 11 is 0. The Balaban J connectivity index is 1.34. The van der Waals surface area contributed by atoms with Gasteiger partial charge in [-0.2, -0.15) is 0 Å². The van der Waals surface area contributed by atoms with Crippen molar-refractivity contribution in [2.24, 2.45) is 45.6 Å². The van der Waals surface area contributed by atoms with Crippen molar-refractivity contribution >= 4 is 5.71 Å². The molecular formula is C25H39NO6. The van der Waals surface area contributed by atoms with Gasteiger partial charge in [0.2, 0.25) is 0 Å². The molecule has 6 rings (SSSR count). The van der Waals surface area contributed by atoms with Gasteiger partial charge in [-0.15, -0.1) is 0 Å². The van der Waals surface area contributed by atoms with Crippen LogP contribution in [0, 0.1) is 40.4 Å². The predicted molar refractivity (Wildman–Crippen MR) is 116 cm³/mol. The van der Waals surface area contributed by atoms with Crippen LogP contribution in [0.3, 0.4) is 0 Å². The number of nitrogens with zero attached hydrogens (tertiary/aromatic N) is 1. The summed E-state index contributed by atoms with van der Waals surface area (Å²) in [5.41, 5.74) is 0.422. The van der Waals surface area contributed by atoms with Crippen molar-refractivity contribution < 1.29 is 29.3 Å². The van der Waals surface area contributed by atoms with E-state index in [9.17, 15) is 10.3 Å². The standard InChI is InChI=1S/C25H39NO6/c1-22-13-18(27)21-16(17(22)6-7-19(22)24(3)29-8-9-30-24)5-4-15-12-25(31-10-11-32-25)14-20(26-28)23(15,21)2/h15-19,21,27-28H,4-14H2,1-3H3/b26-20+/t15-,16+,17+,18-,19+,21-,22+,23+/m0/s1. The van der Waals surface area contributed by atoms with Crippen LogP contribution < -0.4 is 0 Å². The molecule has 6 aliphatic rings. The normalized spacial score (nSPS) is 52.7. The number of aliphatic hydroxyl groups is 1. The molecule has 0 amide bonds. The Morgan fingerprint density at radius 2 is 1.56 bits per heavy atom. The lowest BCUT2D eigenvalue weighted by molar-refractivity contribution is -0.233. The van der Waals surface area contributed by atoms with Crippen LogP contribution >= 0.6 is 0 Å². The molecule has 0 aromatic rings. The zero-order chi connectivity index (χ0) is 22.4. The van der Waals surface area contributed by atoms with E-state index in [4.69, 9.17) is 18.9 Å². The van der Waals surface area contributed by atoms with Crippen LogP contribution in [0.1, 0.15) is 65.7 Å². The van der Waals surface area contributed by atoms with E-state index in [2.05, 4.69) is 25.9 Å². The molecule has 7 nitrogen and oxygen atoms in total. The van der Waals surface area contributed by atoms with E-state index in [1.165, 1.54) is 0 Å². The van der Waals surface area contributed by atoms with Gasteiger partial charge in [0.05, 0.1) is 38.2 Å². The van der Waals surface area contributed by atoms with Crippen LogP contribution in [0.5, 0.6) is 0 Å². The summed E-state index contributed by atoms with van der Waals surface area (Å²) in [7, 11) is 0. The highest BCUT2D eigenvalue weighted by Crippen LogP contribution is 2.69. The zero-order valence-corrected chi connectivity index (χ0v) is 19.7. The molecule has 6 fully saturated rings. The fourth-order valence-electron chi connectivity index (χ4n) is 9.65. The van der Waals surface area contributed by atoms with Gasteiger partial charge in [-0.1, -0.05) is 19.0 Å². The quantitative estimate of drug-likeness (QED) is 0.470. The maximum atomic E-state index is 11.8. The maximum Gasteiger partial charge on any atom is 0.174 e. The molecule has 2 saturated heterocycles. The molecule has 4 saturated carbocycles. The topological polar surface area (TPSA) is 89.7 Å². The van der Waals surface area contributed by atoms with E-state index in [1.54, 1.807) is 0 Å². The molecule has 2 heterocycles. The predicted octanol–water partition coefficient (Wildman–Crippen LogP) is 3.56. The molecular weight excluding hydrogens is 410 g/mol. The molecule has 180 valence electrons. The first-order valence-corrected chi connectivity index (χ1v) is 12.7. The second-order valence-electron chi connectivity index (χ2n) is 12.0. The van der Waals surface area contributed by atoms with Crippen molar-refractivity contribution in [3.8, 4) is 0 Å². The van der Waals surface area contributed by atoms with Crippen LogP contribution in [0.2, 0.25) is 0 Å². The Morgan fingerprint density at radius 3 is 2.25 bits per heavy atom. The van der Waals surface area contributed by atoms with E-state index in [0.29, 0.717) is 50.6 Å². The summed E-state index contributed by atoms with van der Waals surface area (Å²) in [6.07, 6.45) is 6.03. The van der Waals surface area contributed by atoms with Gasteiger partial charge in [0.1, 0.15) is 0 Å². The third-order valence-electron chi connectivity index (χ3n) is 10.9. The second-order valence-corrected chi connectivity index (χ2v) is 12.0. The van der Waals surface area contributed by atoms with E-state index in [0.717, 1.165) is 44.2 Å². The lowest BCUT2D eigenvalue weighted by Gasteiger charge is -2.63. The molecule has 32 heavy (non-hydrogen) atoms. The summed E-state index contributed by atoms with van der Waals surface area (Å²) < 4.78 is 24.3. The minimum absolute atomic E-state index is 0.00699. The highest BCUT2D eigenvalue weighted by Gasteiger charge is 2.68. The number of fused-ring (bicyclic) bond motifs is 5. The van der Waals surface area contributed by atoms with Gasteiger partial charge in [-0.25, -0.2) is 0 Å². The smallest absolute Gasteiger partial charge is 0.174 e. The summed E-state index contributed by atoms with van der Waals surface area (Å²) in [4.78, 5) is 0. The Morgan fingerprint density at radius 1 is 0.875 bits per heavy atom. The summed E-state index contributed by atoms with van der Waals surface area (Å²) in [6, 6.07) is 0. The number of oxime groups is 1. The monoisotopic (exact) mass is 449 g/mol. The summed E-state index contributed by atoms with van der Waals surface area (Å²) in [5.74, 6) is 0.441. The largest absolute Gasteiger partial charge is 0.411 e. The third kappa shape index (κ3) is 2.75. The number of rotatable bonds is 1. The van der Waals surface area contributed by atoms with Crippen molar-refractivity contribution in [2.45, 2.75) is 83.4 Å². The van der Waals surface area contributed by atoms with E-state index in [1.807, 2.05) is 0 Å². The van der Waals surface area contributed by atoms with Crippen molar-refractivity contribution in [2.75, 3.05) is 26.4 Å². The van der Waals surface area contributed by atoms with Gasteiger partial charge in [0, 0.05) is 24.2 Å². The molecule has 2 N–H and O–H groups in total. The molecule has 4 aliphatic carbocycles. The molecule has 1 spiro atoms. The summed E-state index contributed by atoms with van der Waals surface area (Å²) in [5, 5.41) is 25.7. The van der Waals surface area contributed by atoms with E-state index >= 15 is 0 Å². The Kier molecular flexibility index (Phi) is 4.86. The number of hydrogen-bond donors (Lipinski definition) is 2. The van der Waals surface area contributed by atoms with Crippen molar-refractivity contribution in [1.29, 1.82) is 0 Å². The van der Waals surface area contributed by atoms with Crippen molar-refractivity contribution in [3.63, 3.8) is 0 Å². The van der Waals surface area contributed by atoms with Crippen LogP contribution in [-0.2, 0) is 18.9 Å². The lowest BCUT2D eigenvalue weighted by Crippen LogP contribution is -2.64. The first-order chi connectivity index (χ1) is 15.3. The number of hydrogen-bond acceptors (Lipinski definition) is 7. The van der Waals surface area contributed by atoms with Gasteiger partial charge >= 0.3 is 0 Å². The van der Waals surface area contributed by atoms with Gasteiger partial charge in [0.25, 0.3) is 0 Å². The summed E-state index contributed by atoms with van der Waals surface area (Å²) in [6.45, 7) is 9.23. The minimum atomic E-state index is -0.642. The number of ether oxygens (including phenoxy) is 4.